The summed E-state index contributed by atoms with van der Waals surface area (Å²) in [4.78, 5) is 14.2. The lowest BCUT2D eigenvalue weighted by molar-refractivity contribution is -0.134. The predicted molar refractivity (Wildman–Crippen MR) is 82.7 cm³/mol. The first-order valence-electron chi connectivity index (χ1n) is 7.57. The van der Waals surface area contributed by atoms with Crippen LogP contribution >= 0.6 is 0 Å². The zero-order valence-corrected chi connectivity index (χ0v) is 13.2. The molecule has 1 unspecified atom stereocenters. The number of hydrogen-bond donors (Lipinski definition) is 1. The maximum atomic E-state index is 12.5. The summed E-state index contributed by atoms with van der Waals surface area (Å²) in [7, 11) is 1.62. The molecule has 2 rings (SSSR count). The zero-order chi connectivity index (χ0) is 15.9. The van der Waals surface area contributed by atoms with Crippen LogP contribution < -0.4 is 15.2 Å². The molecular formula is C16H24N2O4. The van der Waals surface area contributed by atoms with Crippen molar-refractivity contribution in [3.05, 3.63) is 23.8 Å². The monoisotopic (exact) mass is 308 g/mol. The van der Waals surface area contributed by atoms with Gasteiger partial charge in [-0.3, -0.25) is 4.79 Å². The summed E-state index contributed by atoms with van der Waals surface area (Å²) < 4.78 is 15.8. The first-order valence-corrected chi connectivity index (χ1v) is 7.57. The Labute approximate surface area is 131 Å². The van der Waals surface area contributed by atoms with E-state index in [0.29, 0.717) is 26.1 Å². The van der Waals surface area contributed by atoms with Gasteiger partial charge in [0.1, 0.15) is 0 Å². The third kappa shape index (κ3) is 4.11. The van der Waals surface area contributed by atoms with Gasteiger partial charge in [0.25, 0.3) is 0 Å². The molecule has 1 aliphatic rings. The summed E-state index contributed by atoms with van der Waals surface area (Å²) in [5, 5.41) is 0. The van der Waals surface area contributed by atoms with Crippen molar-refractivity contribution in [3.63, 3.8) is 0 Å². The molecule has 1 amide bonds. The molecule has 0 radical (unpaired) electrons. The first kappa shape index (κ1) is 16.6. The Morgan fingerprint density at radius 1 is 1.41 bits per heavy atom. The van der Waals surface area contributed by atoms with Crippen molar-refractivity contribution in [1.82, 2.24) is 4.90 Å². The summed E-state index contributed by atoms with van der Waals surface area (Å²) in [6.07, 6.45) is 1.57. The van der Waals surface area contributed by atoms with Crippen LogP contribution in [-0.2, 0) is 16.1 Å². The van der Waals surface area contributed by atoms with E-state index in [1.165, 1.54) is 0 Å². The maximum Gasteiger partial charge on any atom is 0.239 e. The Kier molecular flexibility index (Phi) is 6.03. The molecule has 0 bridgehead atoms. The van der Waals surface area contributed by atoms with Gasteiger partial charge in [0.2, 0.25) is 12.7 Å². The van der Waals surface area contributed by atoms with E-state index in [9.17, 15) is 4.79 Å². The summed E-state index contributed by atoms with van der Waals surface area (Å²) in [5.74, 6) is 1.41. The fraction of sp³-hybridized carbons (Fsp3) is 0.562. The summed E-state index contributed by atoms with van der Waals surface area (Å²) in [5.41, 5.74) is 6.95. The lowest BCUT2D eigenvalue weighted by atomic mass is 10.1. The van der Waals surface area contributed by atoms with Crippen LogP contribution in [0.25, 0.3) is 0 Å². The number of fused-ring (bicyclic) bond motifs is 1. The lowest BCUT2D eigenvalue weighted by Crippen LogP contribution is -2.44. The number of carbonyl (C=O) groups excluding carboxylic acids is 1. The molecule has 6 nitrogen and oxygen atoms in total. The summed E-state index contributed by atoms with van der Waals surface area (Å²) >= 11 is 0. The van der Waals surface area contributed by atoms with Crippen LogP contribution in [0.2, 0.25) is 0 Å². The van der Waals surface area contributed by atoms with Crippen molar-refractivity contribution >= 4 is 5.91 Å². The Morgan fingerprint density at radius 2 is 2.18 bits per heavy atom. The number of benzene rings is 1. The molecular weight excluding hydrogens is 284 g/mol. The molecule has 0 saturated carbocycles. The van der Waals surface area contributed by atoms with E-state index in [-0.39, 0.29) is 12.7 Å². The molecule has 2 N–H and O–H groups in total. The Morgan fingerprint density at radius 3 is 2.91 bits per heavy atom. The number of rotatable bonds is 8. The normalized spacial score (nSPS) is 14.0. The molecule has 0 aliphatic carbocycles. The number of hydrogen-bond acceptors (Lipinski definition) is 5. The van der Waals surface area contributed by atoms with E-state index in [2.05, 4.69) is 0 Å². The van der Waals surface area contributed by atoms with Crippen molar-refractivity contribution in [2.24, 2.45) is 5.73 Å². The van der Waals surface area contributed by atoms with E-state index in [1.807, 2.05) is 25.1 Å². The van der Waals surface area contributed by atoms with Crippen LogP contribution in [0.1, 0.15) is 25.3 Å². The molecule has 0 aromatic heterocycles. The standard InChI is InChI=1S/C16H24N2O4/c1-3-4-13(17)16(19)18(7-8-20-2)10-12-5-6-14-15(9-12)22-11-21-14/h5-6,9,13H,3-4,7-8,10-11,17H2,1-2H3. The van der Waals surface area contributed by atoms with E-state index < -0.39 is 6.04 Å². The van der Waals surface area contributed by atoms with Crippen molar-refractivity contribution in [2.75, 3.05) is 27.1 Å². The predicted octanol–water partition coefficient (Wildman–Crippen LogP) is 1.52. The van der Waals surface area contributed by atoms with E-state index >= 15 is 0 Å². The molecule has 0 fully saturated rings. The van der Waals surface area contributed by atoms with Crippen LogP contribution in [0.3, 0.4) is 0 Å². The van der Waals surface area contributed by atoms with Gasteiger partial charge in [-0.15, -0.1) is 0 Å². The molecule has 1 aliphatic heterocycles. The molecule has 0 spiro atoms. The van der Waals surface area contributed by atoms with Crippen molar-refractivity contribution in [3.8, 4) is 11.5 Å². The minimum Gasteiger partial charge on any atom is -0.454 e. The fourth-order valence-corrected chi connectivity index (χ4v) is 2.40. The molecule has 1 atom stereocenters. The second kappa shape index (κ2) is 8.00. The largest absolute Gasteiger partial charge is 0.454 e. The van der Waals surface area contributed by atoms with Crippen molar-refractivity contribution in [1.29, 1.82) is 0 Å². The van der Waals surface area contributed by atoms with Gasteiger partial charge in [0.05, 0.1) is 12.6 Å². The van der Waals surface area contributed by atoms with Crippen LogP contribution in [-0.4, -0.2) is 43.9 Å². The summed E-state index contributed by atoms with van der Waals surface area (Å²) in [6, 6.07) is 5.24. The number of ether oxygens (including phenoxy) is 3. The van der Waals surface area contributed by atoms with Gasteiger partial charge in [-0.1, -0.05) is 19.4 Å². The number of amides is 1. The van der Waals surface area contributed by atoms with Crippen molar-refractivity contribution < 1.29 is 19.0 Å². The SMILES string of the molecule is CCCC(N)C(=O)N(CCOC)Cc1ccc2c(c1)OCO2. The van der Waals surface area contributed by atoms with Gasteiger partial charge in [-0.2, -0.15) is 0 Å². The van der Waals surface area contributed by atoms with Crippen LogP contribution in [0.4, 0.5) is 0 Å². The highest BCUT2D eigenvalue weighted by Gasteiger charge is 2.21. The van der Waals surface area contributed by atoms with Gasteiger partial charge in [0, 0.05) is 20.2 Å². The van der Waals surface area contributed by atoms with Crippen LogP contribution in [0, 0.1) is 0 Å². The highest BCUT2D eigenvalue weighted by molar-refractivity contribution is 5.81. The minimum atomic E-state index is -0.462. The van der Waals surface area contributed by atoms with Crippen molar-refractivity contribution in [2.45, 2.75) is 32.4 Å². The molecule has 1 aromatic rings. The number of carbonyl (C=O) groups is 1. The van der Waals surface area contributed by atoms with E-state index in [1.54, 1.807) is 12.0 Å². The van der Waals surface area contributed by atoms with Crippen LogP contribution in [0.15, 0.2) is 18.2 Å². The molecule has 22 heavy (non-hydrogen) atoms. The fourth-order valence-electron chi connectivity index (χ4n) is 2.40. The molecule has 1 heterocycles. The summed E-state index contributed by atoms with van der Waals surface area (Å²) in [6.45, 7) is 3.74. The second-order valence-electron chi connectivity index (χ2n) is 5.34. The molecule has 122 valence electrons. The second-order valence-corrected chi connectivity index (χ2v) is 5.34. The smallest absolute Gasteiger partial charge is 0.239 e. The highest BCUT2D eigenvalue weighted by Crippen LogP contribution is 2.32. The van der Waals surface area contributed by atoms with Gasteiger partial charge < -0.3 is 24.8 Å². The van der Waals surface area contributed by atoms with Gasteiger partial charge in [0.15, 0.2) is 11.5 Å². The average molecular weight is 308 g/mol. The third-order valence-electron chi connectivity index (χ3n) is 3.60. The van der Waals surface area contributed by atoms with Gasteiger partial charge in [-0.05, 0) is 24.1 Å². The quantitative estimate of drug-likeness (QED) is 0.788. The number of nitrogens with two attached hydrogens (primary N) is 1. The Balaban J connectivity index is 2.07. The number of methoxy groups -OCH3 is 1. The van der Waals surface area contributed by atoms with E-state index in [0.717, 1.165) is 23.5 Å². The zero-order valence-electron chi connectivity index (χ0n) is 13.2. The molecule has 6 heteroatoms. The van der Waals surface area contributed by atoms with Crippen LogP contribution in [0.5, 0.6) is 11.5 Å². The highest BCUT2D eigenvalue weighted by atomic mass is 16.7. The third-order valence-corrected chi connectivity index (χ3v) is 3.60. The van der Waals surface area contributed by atoms with E-state index in [4.69, 9.17) is 19.9 Å². The topological polar surface area (TPSA) is 74.0 Å². The average Bonchev–Trinajstić information content (AvgIpc) is 2.98. The lowest BCUT2D eigenvalue weighted by Gasteiger charge is -2.25. The molecule has 1 aromatic carbocycles. The number of nitrogens with zero attached hydrogens (tertiary/aromatic N) is 1. The Hall–Kier alpha value is -1.79. The Bertz CT molecular complexity index is 507. The minimum absolute atomic E-state index is 0.0448. The maximum absolute atomic E-state index is 12.5. The first-order chi connectivity index (χ1) is 10.7. The molecule has 0 saturated heterocycles. The van der Waals surface area contributed by atoms with Gasteiger partial charge >= 0.3 is 0 Å². The van der Waals surface area contributed by atoms with Gasteiger partial charge in [-0.25, -0.2) is 0 Å².